The van der Waals surface area contributed by atoms with Crippen LogP contribution in [0.4, 0.5) is 0 Å². The minimum atomic E-state index is -0.833. The molecule has 0 aromatic heterocycles. The fourth-order valence-corrected chi connectivity index (χ4v) is 2.77. The molecular formula is C20H39NO4. The molecule has 0 fully saturated rings. The summed E-state index contributed by atoms with van der Waals surface area (Å²) in [7, 11) is 0. The van der Waals surface area contributed by atoms with E-state index >= 15 is 0 Å². The zero-order valence-electron chi connectivity index (χ0n) is 16.4. The van der Waals surface area contributed by atoms with Crippen LogP contribution >= 0.6 is 0 Å². The number of carboxylic acids is 1. The number of hydrogen-bond donors (Lipinski definition) is 2. The van der Waals surface area contributed by atoms with Crippen molar-refractivity contribution >= 4 is 11.9 Å². The summed E-state index contributed by atoms with van der Waals surface area (Å²) in [5, 5.41) is 11.4. The van der Waals surface area contributed by atoms with Gasteiger partial charge in [0.2, 0.25) is 0 Å². The van der Waals surface area contributed by atoms with Gasteiger partial charge in [-0.3, -0.25) is 9.59 Å². The van der Waals surface area contributed by atoms with Crippen molar-refractivity contribution in [2.45, 2.75) is 103 Å². The first kappa shape index (κ1) is 23.9. The van der Waals surface area contributed by atoms with Gasteiger partial charge in [0.1, 0.15) is 0 Å². The van der Waals surface area contributed by atoms with Gasteiger partial charge in [-0.2, -0.15) is 0 Å². The van der Waals surface area contributed by atoms with Gasteiger partial charge in [0, 0.05) is 13.1 Å². The van der Waals surface area contributed by atoms with Gasteiger partial charge >= 0.3 is 11.9 Å². The Kier molecular flexibility index (Phi) is 16.9. The van der Waals surface area contributed by atoms with Crippen LogP contribution in [-0.2, 0) is 14.3 Å². The number of nitrogens with one attached hydrogen (secondary N) is 1. The minimum Gasteiger partial charge on any atom is -0.481 e. The molecular weight excluding hydrogens is 318 g/mol. The normalized spacial score (nSPS) is 12.1. The van der Waals surface area contributed by atoms with Crippen molar-refractivity contribution in [3.05, 3.63) is 0 Å². The maximum atomic E-state index is 11.7. The van der Waals surface area contributed by atoms with Gasteiger partial charge in [-0.1, -0.05) is 64.7 Å². The molecule has 1 unspecified atom stereocenters. The number of unbranched alkanes of at least 4 members (excludes halogenated alkanes) is 9. The maximum Gasteiger partial charge on any atom is 0.307 e. The van der Waals surface area contributed by atoms with Gasteiger partial charge in [-0.25, -0.2) is 0 Å². The molecule has 0 bridgehead atoms. The van der Waals surface area contributed by atoms with Gasteiger partial charge in [-0.05, 0) is 19.8 Å². The molecule has 0 saturated heterocycles. The Bertz CT molecular complexity index is 334. The van der Waals surface area contributed by atoms with Crippen LogP contribution in [0.2, 0.25) is 0 Å². The first-order valence-corrected chi connectivity index (χ1v) is 10.2. The monoisotopic (exact) mass is 357 g/mol. The van der Waals surface area contributed by atoms with E-state index in [1.165, 1.54) is 57.8 Å². The van der Waals surface area contributed by atoms with Crippen molar-refractivity contribution in [3.8, 4) is 0 Å². The summed E-state index contributed by atoms with van der Waals surface area (Å²) >= 11 is 0. The highest BCUT2D eigenvalue weighted by molar-refractivity contribution is 5.69. The van der Waals surface area contributed by atoms with Gasteiger partial charge in [0.25, 0.3) is 0 Å². The summed E-state index contributed by atoms with van der Waals surface area (Å²) in [6.45, 7) is 5.05. The van der Waals surface area contributed by atoms with Crippen molar-refractivity contribution in [2.75, 3.05) is 13.1 Å². The number of rotatable bonds is 18. The highest BCUT2D eigenvalue weighted by Crippen LogP contribution is 2.13. The fourth-order valence-electron chi connectivity index (χ4n) is 2.77. The summed E-state index contributed by atoms with van der Waals surface area (Å²) in [6, 6.07) is 0. The van der Waals surface area contributed by atoms with Crippen LogP contribution in [0.25, 0.3) is 0 Å². The van der Waals surface area contributed by atoms with E-state index in [-0.39, 0.29) is 18.5 Å². The standard InChI is InChI=1S/C20H39NO4/c1-3-4-5-6-7-8-9-10-11-12-13-18(2)25-20(24)15-17-21-16-14-19(22)23/h18,21H,3-17H2,1-2H3,(H,22,23). The molecule has 0 aliphatic rings. The molecule has 0 radical (unpaired) electrons. The van der Waals surface area contributed by atoms with Gasteiger partial charge in [-0.15, -0.1) is 0 Å². The molecule has 0 aromatic carbocycles. The van der Waals surface area contributed by atoms with Crippen LogP contribution in [0.15, 0.2) is 0 Å². The molecule has 25 heavy (non-hydrogen) atoms. The Morgan fingerprint density at radius 3 is 1.96 bits per heavy atom. The molecule has 0 heterocycles. The van der Waals surface area contributed by atoms with Crippen molar-refractivity contribution in [1.29, 1.82) is 0 Å². The number of carbonyl (C=O) groups excluding carboxylic acids is 1. The van der Waals surface area contributed by atoms with Gasteiger partial charge in [0.05, 0.1) is 18.9 Å². The van der Waals surface area contributed by atoms with E-state index in [2.05, 4.69) is 12.2 Å². The second kappa shape index (κ2) is 17.7. The van der Waals surface area contributed by atoms with Crippen LogP contribution in [-0.4, -0.2) is 36.2 Å². The molecule has 0 aliphatic heterocycles. The second-order valence-electron chi connectivity index (χ2n) is 6.91. The molecule has 0 amide bonds. The molecule has 5 heteroatoms. The first-order valence-electron chi connectivity index (χ1n) is 10.2. The Balaban J connectivity index is 3.35. The SMILES string of the molecule is CCCCCCCCCCCCC(C)OC(=O)CCNCCC(=O)O. The summed E-state index contributed by atoms with van der Waals surface area (Å²) in [5.41, 5.74) is 0. The zero-order chi connectivity index (χ0) is 18.8. The summed E-state index contributed by atoms with van der Waals surface area (Å²) in [6.07, 6.45) is 14.4. The number of carboxylic acid groups (broad SMARTS) is 1. The molecule has 1 atom stereocenters. The predicted octanol–water partition coefficient (Wildman–Crippen LogP) is 4.68. The zero-order valence-corrected chi connectivity index (χ0v) is 16.4. The second-order valence-corrected chi connectivity index (χ2v) is 6.91. The average Bonchev–Trinajstić information content (AvgIpc) is 2.56. The molecule has 0 spiro atoms. The Labute approximate surface area is 153 Å². The van der Waals surface area contributed by atoms with Gasteiger partial charge in [0.15, 0.2) is 0 Å². The van der Waals surface area contributed by atoms with E-state index < -0.39 is 5.97 Å². The molecule has 148 valence electrons. The average molecular weight is 358 g/mol. The van der Waals surface area contributed by atoms with Crippen LogP contribution < -0.4 is 5.32 Å². The number of carbonyl (C=O) groups is 2. The third-order valence-electron chi connectivity index (χ3n) is 4.32. The van der Waals surface area contributed by atoms with Crippen LogP contribution in [0.1, 0.15) is 97.3 Å². The number of esters is 1. The summed E-state index contributed by atoms with van der Waals surface area (Å²) in [5.74, 6) is -1.04. The maximum absolute atomic E-state index is 11.7. The van der Waals surface area contributed by atoms with E-state index in [1.807, 2.05) is 6.92 Å². The van der Waals surface area contributed by atoms with E-state index in [0.717, 1.165) is 12.8 Å². The summed E-state index contributed by atoms with van der Waals surface area (Å²) in [4.78, 5) is 22.0. The Morgan fingerprint density at radius 1 is 0.880 bits per heavy atom. The topological polar surface area (TPSA) is 75.6 Å². The third kappa shape index (κ3) is 19.1. The van der Waals surface area contributed by atoms with E-state index in [0.29, 0.717) is 19.5 Å². The largest absolute Gasteiger partial charge is 0.481 e. The van der Waals surface area contributed by atoms with Crippen LogP contribution in [0.3, 0.4) is 0 Å². The lowest BCUT2D eigenvalue weighted by atomic mass is 10.0. The number of ether oxygens (including phenoxy) is 1. The first-order chi connectivity index (χ1) is 12.1. The van der Waals surface area contributed by atoms with Crippen molar-refractivity contribution in [2.24, 2.45) is 0 Å². The van der Waals surface area contributed by atoms with Crippen LogP contribution in [0, 0.1) is 0 Å². The number of aliphatic carboxylic acids is 1. The van der Waals surface area contributed by atoms with E-state index in [9.17, 15) is 9.59 Å². The van der Waals surface area contributed by atoms with Gasteiger partial charge < -0.3 is 15.2 Å². The molecule has 0 saturated carbocycles. The minimum absolute atomic E-state index is 0.0273. The highest BCUT2D eigenvalue weighted by atomic mass is 16.5. The lowest BCUT2D eigenvalue weighted by molar-refractivity contribution is -0.148. The lowest BCUT2D eigenvalue weighted by Crippen LogP contribution is -2.23. The smallest absolute Gasteiger partial charge is 0.307 e. The van der Waals surface area contributed by atoms with E-state index in [1.54, 1.807) is 0 Å². The predicted molar refractivity (Wildman–Crippen MR) is 102 cm³/mol. The molecule has 2 N–H and O–H groups in total. The third-order valence-corrected chi connectivity index (χ3v) is 4.32. The van der Waals surface area contributed by atoms with Crippen molar-refractivity contribution in [3.63, 3.8) is 0 Å². The molecule has 0 aliphatic carbocycles. The van der Waals surface area contributed by atoms with E-state index in [4.69, 9.17) is 9.84 Å². The molecule has 0 rings (SSSR count). The molecule has 0 aromatic rings. The fraction of sp³-hybridized carbons (Fsp3) is 0.900. The van der Waals surface area contributed by atoms with Crippen molar-refractivity contribution < 1.29 is 19.4 Å². The Hall–Kier alpha value is -1.10. The highest BCUT2D eigenvalue weighted by Gasteiger charge is 2.09. The quantitative estimate of drug-likeness (QED) is 0.275. The molecule has 5 nitrogen and oxygen atoms in total. The Morgan fingerprint density at radius 2 is 1.40 bits per heavy atom. The lowest BCUT2D eigenvalue weighted by Gasteiger charge is -2.13. The van der Waals surface area contributed by atoms with Crippen LogP contribution in [0.5, 0.6) is 0 Å². The van der Waals surface area contributed by atoms with Crippen molar-refractivity contribution in [1.82, 2.24) is 5.32 Å². The summed E-state index contributed by atoms with van der Waals surface area (Å²) < 4.78 is 5.37. The number of hydrogen-bond acceptors (Lipinski definition) is 4.